The third kappa shape index (κ3) is 4.35. The van der Waals surface area contributed by atoms with Crippen LogP contribution in [0, 0.1) is 17.3 Å². The first-order valence-electron chi connectivity index (χ1n) is 8.32. The van der Waals surface area contributed by atoms with E-state index in [4.69, 9.17) is 16.3 Å². The highest BCUT2D eigenvalue weighted by Gasteiger charge is 2.37. The van der Waals surface area contributed by atoms with E-state index in [2.05, 4.69) is 26.1 Å². The molecule has 0 aromatic heterocycles. The molecule has 1 N–H and O–H groups in total. The van der Waals surface area contributed by atoms with Crippen molar-refractivity contribution in [3.05, 3.63) is 0 Å². The van der Waals surface area contributed by atoms with E-state index in [0.717, 1.165) is 31.6 Å². The molecule has 0 unspecified atom stereocenters. The Balaban J connectivity index is 1.87. The van der Waals surface area contributed by atoms with E-state index in [-0.39, 0.29) is 17.4 Å². The molecule has 1 amide bonds. The third-order valence-electron chi connectivity index (χ3n) is 5.42. The summed E-state index contributed by atoms with van der Waals surface area (Å²) in [6.45, 7) is 8.32. The van der Waals surface area contributed by atoms with Crippen LogP contribution in [0.15, 0.2) is 0 Å². The van der Waals surface area contributed by atoms with Gasteiger partial charge in [0.25, 0.3) is 0 Å². The first-order valence-corrected chi connectivity index (χ1v) is 8.85. The van der Waals surface area contributed by atoms with Crippen LogP contribution in [-0.4, -0.2) is 30.5 Å². The fourth-order valence-corrected chi connectivity index (χ4v) is 3.97. The highest BCUT2D eigenvalue weighted by Crippen LogP contribution is 2.40. The van der Waals surface area contributed by atoms with Crippen molar-refractivity contribution in [2.45, 2.75) is 64.8 Å². The van der Waals surface area contributed by atoms with Gasteiger partial charge in [-0.3, -0.25) is 4.79 Å². The average molecular weight is 316 g/mol. The van der Waals surface area contributed by atoms with Gasteiger partial charge in [-0.1, -0.05) is 20.8 Å². The summed E-state index contributed by atoms with van der Waals surface area (Å²) >= 11 is 6.13. The van der Waals surface area contributed by atoms with Gasteiger partial charge in [-0.15, -0.1) is 11.6 Å². The molecule has 2 fully saturated rings. The number of rotatable bonds is 3. The van der Waals surface area contributed by atoms with Crippen LogP contribution in [0.1, 0.15) is 59.3 Å². The van der Waals surface area contributed by atoms with E-state index in [0.29, 0.717) is 24.5 Å². The zero-order valence-corrected chi connectivity index (χ0v) is 14.5. The zero-order chi connectivity index (χ0) is 15.5. The van der Waals surface area contributed by atoms with Gasteiger partial charge in [-0.25, -0.2) is 0 Å². The number of hydrogen-bond donors (Lipinski definition) is 1. The number of ether oxygens (including phenoxy) is 1. The van der Waals surface area contributed by atoms with Crippen LogP contribution in [0.5, 0.6) is 0 Å². The molecule has 1 aliphatic heterocycles. The van der Waals surface area contributed by atoms with Crippen LogP contribution in [0.25, 0.3) is 0 Å². The molecular weight excluding hydrogens is 286 g/mol. The minimum Gasteiger partial charge on any atom is -0.381 e. The third-order valence-corrected chi connectivity index (χ3v) is 5.93. The molecule has 1 heterocycles. The molecule has 21 heavy (non-hydrogen) atoms. The number of carbonyl (C=O) groups excluding carboxylic acids is 1. The number of hydrogen-bond acceptors (Lipinski definition) is 2. The van der Waals surface area contributed by atoms with Gasteiger partial charge in [0, 0.05) is 25.0 Å². The second-order valence-corrected chi connectivity index (χ2v) is 8.20. The Morgan fingerprint density at radius 1 is 1.19 bits per heavy atom. The summed E-state index contributed by atoms with van der Waals surface area (Å²) in [5.41, 5.74) is 0.122. The van der Waals surface area contributed by atoms with Gasteiger partial charge in [0.1, 0.15) is 0 Å². The lowest BCUT2D eigenvalue weighted by Gasteiger charge is -2.40. The molecule has 1 saturated carbocycles. The van der Waals surface area contributed by atoms with Crippen LogP contribution in [0.2, 0.25) is 0 Å². The summed E-state index contributed by atoms with van der Waals surface area (Å²) in [6.07, 6.45) is 6.03. The van der Waals surface area contributed by atoms with Gasteiger partial charge in [0.15, 0.2) is 0 Å². The second-order valence-electron chi connectivity index (χ2n) is 7.93. The molecule has 0 radical (unpaired) electrons. The predicted molar refractivity (Wildman–Crippen MR) is 86.5 cm³/mol. The Labute approximate surface area is 134 Å². The highest BCUT2D eigenvalue weighted by molar-refractivity contribution is 6.18. The molecule has 0 aromatic rings. The first kappa shape index (κ1) is 17.1. The van der Waals surface area contributed by atoms with Gasteiger partial charge in [0.05, 0.1) is 5.54 Å². The summed E-state index contributed by atoms with van der Waals surface area (Å²) < 4.78 is 5.40. The topological polar surface area (TPSA) is 38.3 Å². The first-order chi connectivity index (χ1) is 9.86. The Morgan fingerprint density at radius 3 is 2.24 bits per heavy atom. The van der Waals surface area contributed by atoms with Gasteiger partial charge >= 0.3 is 0 Å². The lowest BCUT2D eigenvalue weighted by Crippen LogP contribution is -2.55. The number of carbonyl (C=O) groups is 1. The lowest BCUT2D eigenvalue weighted by molar-refractivity contribution is -0.129. The van der Waals surface area contributed by atoms with Gasteiger partial charge in [0.2, 0.25) is 5.91 Å². The van der Waals surface area contributed by atoms with Gasteiger partial charge in [-0.05, 0) is 49.9 Å². The summed E-state index contributed by atoms with van der Waals surface area (Å²) in [5.74, 6) is 1.61. The molecule has 2 aliphatic rings. The molecule has 0 spiro atoms. The Hall–Kier alpha value is -0.280. The van der Waals surface area contributed by atoms with Crippen molar-refractivity contribution < 1.29 is 9.53 Å². The van der Waals surface area contributed by atoms with Crippen molar-refractivity contribution in [3.63, 3.8) is 0 Å². The van der Waals surface area contributed by atoms with E-state index in [1.807, 2.05) is 0 Å². The fourth-order valence-electron chi connectivity index (χ4n) is 3.64. The van der Waals surface area contributed by atoms with E-state index < -0.39 is 0 Å². The molecule has 2 rings (SSSR count). The summed E-state index contributed by atoms with van der Waals surface area (Å²) in [7, 11) is 0. The number of nitrogens with one attached hydrogen (secondary N) is 1. The quantitative estimate of drug-likeness (QED) is 0.806. The lowest BCUT2D eigenvalue weighted by atomic mass is 9.69. The summed E-state index contributed by atoms with van der Waals surface area (Å²) in [4.78, 5) is 12.6. The maximum absolute atomic E-state index is 12.6. The van der Waals surface area contributed by atoms with E-state index in [9.17, 15) is 4.79 Å². The van der Waals surface area contributed by atoms with Crippen molar-refractivity contribution >= 4 is 17.5 Å². The standard InChI is InChI=1S/C17H30ClNO2/c1-16(2,3)14-6-4-13(5-7-14)15(20)19-17(12-18)8-10-21-11-9-17/h13-14H,4-12H2,1-3H3,(H,19,20). The predicted octanol–water partition coefficient (Wildman–Crippen LogP) is 3.74. The Bertz CT molecular complexity index is 350. The molecule has 0 atom stereocenters. The minimum absolute atomic E-state index is 0.173. The molecule has 1 saturated heterocycles. The second kappa shape index (κ2) is 6.87. The highest BCUT2D eigenvalue weighted by atomic mass is 35.5. The van der Waals surface area contributed by atoms with E-state index in [1.165, 1.54) is 12.8 Å². The number of halogens is 1. The van der Waals surface area contributed by atoms with Gasteiger partial charge in [-0.2, -0.15) is 0 Å². The van der Waals surface area contributed by atoms with Crippen LogP contribution < -0.4 is 5.32 Å². The number of amides is 1. The van der Waals surface area contributed by atoms with Gasteiger partial charge < -0.3 is 10.1 Å². The Kier molecular flexibility index (Phi) is 5.59. The largest absolute Gasteiger partial charge is 0.381 e. The maximum atomic E-state index is 12.6. The molecule has 1 aliphatic carbocycles. The van der Waals surface area contributed by atoms with E-state index >= 15 is 0 Å². The van der Waals surface area contributed by atoms with Crippen molar-refractivity contribution in [1.82, 2.24) is 5.32 Å². The molecule has 4 heteroatoms. The molecule has 122 valence electrons. The maximum Gasteiger partial charge on any atom is 0.223 e. The van der Waals surface area contributed by atoms with Crippen LogP contribution in [-0.2, 0) is 9.53 Å². The van der Waals surface area contributed by atoms with Crippen molar-refractivity contribution in [2.75, 3.05) is 19.1 Å². The van der Waals surface area contributed by atoms with Crippen molar-refractivity contribution in [1.29, 1.82) is 0 Å². The van der Waals surface area contributed by atoms with Crippen molar-refractivity contribution in [2.24, 2.45) is 17.3 Å². The van der Waals surface area contributed by atoms with Crippen LogP contribution >= 0.6 is 11.6 Å². The average Bonchev–Trinajstić information content (AvgIpc) is 2.47. The monoisotopic (exact) mass is 315 g/mol. The zero-order valence-electron chi connectivity index (χ0n) is 13.7. The summed E-state index contributed by atoms with van der Waals surface area (Å²) in [6, 6.07) is 0. The minimum atomic E-state index is -0.238. The fraction of sp³-hybridized carbons (Fsp3) is 0.941. The van der Waals surface area contributed by atoms with E-state index in [1.54, 1.807) is 0 Å². The smallest absolute Gasteiger partial charge is 0.223 e. The molecule has 0 bridgehead atoms. The van der Waals surface area contributed by atoms with Crippen LogP contribution in [0.4, 0.5) is 0 Å². The molecular formula is C17H30ClNO2. The van der Waals surface area contributed by atoms with Crippen molar-refractivity contribution in [3.8, 4) is 0 Å². The summed E-state index contributed by atoms with van der Waals surface area (Å²) in [5, 5.41) is 3.25. The molecule has 0 aromatic carbocycles. The van der Waals surface area contributed by atoms with Crippen LogP contribution in [0.3, 0.4) is 0 Å². The number of alkyl halides is 1. The Morgan fingerprint density at radius 2 is 1.76 bits per heavy atom. The SMILES string of the molecule is CC(C)(C)C1CCC(C(=O)NC2(CCl)CCOCC2)CC1. The molecule has 3 nitrogen and oxygen atoms in total. The normalized spacial score (nSPS) is 29.9.